The third-order valence-corrected chi connectivity index (χ3v) is 1.27. The number of hydrogen-bond acceptors (Lipinski definition) is 3. The summed E-state index contributed by atoms with van der Waals surface area (Å²) in [6.45, 7) is 1.35. The SMILES string of the molecule is N[C@@H]1COC[C@@H](N)C1. The summed E-state index contributed by atoms with van der Waals surface area (Å²) in [6.07, 6.45) is 0.903. The predicted molar refractivity (Wildman–Crippen MR) is 31.4 cm³/mol. The fraction of sp³-hybridized carbons (Fsp3) is 1.00. The Morgan fingerprint density at radius 2 is 1.62 bits per heavy atom. The van der Waals surface area contributed by atoms with Crippen molar-refractivity contribution in [3.63, 3.8) is 0 Å². The molecule has 0 aromatic heterocycles. The smallest absolute Gasteiger partial charge is 0.0618 e. The number of hydrogen-bond donors (Lipinski definition) is 2. The van der Waals surface area contributed by atoms with E-state index < -0.39 is 0 Å². The molecule has 0 amide bonds. The molecule has 1 saturated heterocycles. The van der Waals surface area contributed by atoms with Gasteiger partial charge >= 0.3 is 0 Å². The van der Waals surface area contributed by atoms with Crippen LogP contribution in [-0.4, -0.2) is 25.3 Å². The highest BCUT2D eigenvalue weighted by molar-refractivity contribution is 4.74. The van der Waals surface area contributed by atoms with Crippen molar-refractivity contribution in [1.82, 2.24) is 0 Å². The minimum Gasteiger partial charge on any atom is -0.378 e. The maximum absolute atomic E-state index is 5.52. The maximum Gasteiger partial charge on any atom is 0.0618 e. The first-order chi connectivity index (χ1) is 3.79. The van der Waals surface area contributed by atoms with E-state index in [-0.39, 0.29) is 12.1 Å². The van der Waals surface area contributed by atoms with Gasteiger partial charge in [-0.05, 0) is 6.42 Å². The third-order valence-electron chi connectivity index (χ3n) is 1.27. The van der Waals surface area contributed by atoms with Crippen LogP contribution in [0.15, 0.2) is 0 Å². The van der Waals surface area contributed by atoms with E-state index >= 15 is 0 Å². The van der Waals surface area contributed by atoms with Crippen molar-refractivity contribution in [1.29, 1.82) is 0 Å². The Kier molecular flexibility index (Phi) is 1.83. The van der Waals surface area contributed by atoms with Crippen LogP contribution in [0.3, 0.4) is 0 Å². The van der Waals surface area contributed by atoms with Crippen LogP contribution in [-0.2, 0) is 4.74 Å². The van der Waals surface area contributed by atoms with E-state index in [0.29, 0.717) is 13.2 Å². The van der Waals surface area contributed by atoms with E-state index in [0.717, 1.165) is 6.42 Å². The average Bonchev–Trinajstić information content (AvgIpc) is 1.64. The Hall–Kier alpha value is -0.120. The van der Waals surface area contributed by atoms with Crippen molar-refractivity contribution >= 4 is 0 Å². The van der Waals surface area contributed by atoms with E-state index in [2.05, 4.69) is 0 Å². The van der Waals surface area contributed by atoms with Crippen molar-refractivity contribution in [2.75, 3.05) is 13.2 Å². The molecule has 2 atom stereocenters. The molecule has 0 aromatic rings. The molecule has 1 aliphatic heterocycles. The Morgan fingerprint density at radius 3 is 1.88 bits per heavy atom. The van der Waals surface area contributed by atoms with E-state index in [1.54, 1.807) is 0 Å². The van der Waals surface area contributed by atoms with E-state index in [9.17, 15) is 0 Å². The summed E-state index contributed by atoms with van der Waals surface area (Å²) in [5, 5.41) is 0. The lowest BCUT2D eigenvalue weighted by Crippen LogP contribution is -2.42. The maximum atomic E-state index is 5.52. The third kappa shape index (κ3) is 1.43. The van der Waals surface area contributed by atoms with Gasteiger partial charge in [-0.1, -0.05) is 0 Å². The van der Waals surface area contributed by atoms with Crippen LogP contribution >= 0.6 is 0 Å². The van der Waals surface area contributed by atoms with Crippen LogP contribution in [0.5, 0.6) is 0 Å². The molecule has 1 fully saturated rings. The summed E-state index contributed by atoms with van der Waals surface area (Å²) < 4.78 is 5.04. The Labute approximate surface area is 49.0 Å². The second kappa shape index (κ2) is 2.44. The quantitative estimate of drug-likeness (QED) is 0.429. The molecule has 1 rings (SSSR count). The van der Waals surface area contributed by atoms with Crippen LogP contribution in [0.2, 0.25) is 0 Å². The normalized spacial score (nSPS) is 39.8. The molecular weight excluding hydrogens is 104 g/mol. The molecule has 1 aliphatic rings. The van der Waals surface area contributed by atoms with Gasteiger partial charge in [0.25, 0.3) is 0 Å². The van der Waals surface area contributed by atoms with Gasteiger partial charge in [0.1, 0.15) is 0 Å². The van der Waals surface area contributed by atoms with Gasteiger partial charge < -0.3 is 16.2 Å². The molecule has 3 nitrogen and oxygen atoms in total. The molecule has 0 radical (unpaired) electrons. The summed E-state index contributed by atoms with van der Waals surface area (Å²) >= 11 is 0. The Bertz CT molecular complexity index is 68.8. The van der Waals surface area contributed by atoms with Crippen molar-refractivity contribution in [3.8, 4) is 0 Å². The molecule has 0 unspecified atom stereocenters. The zero-order valence-corrected chi connectivity index (χ0v) is 4.84. The predicted octanol–water partition coefficient (Wildman–Crippen LogP) is -0.939. The van der Waals surface area contributed by atoms with Gasteiger partial charge in [0, 0.05) is 12.1 Å². The van der Waals surface area contributed by atoms with Crippen LogP contribution in [0.25, 0.3) is 0 Å². The molecule has 0 bridgehead atoms. The summed E-state index contributed by atoms with van der Waals surface area (Å²) in [7, 11) is 0. The zero-order valence-electron chi connectivity index (χ0n) is 4.84. The second-order valence-electron chi connectivity index (χ2n) is 2.29. The molecule has 8 heavy (non-hydrogen) atoms. The molecule has 48 valence electrons. The van der Waals surface area contributed by atoms with Gasteiger partial charge in [-0.3, -0.25) is 0 Å². The highest BCUT2D eigenvalue weighted by atomic mass is 16.5. The van der Waals surface area contributed by atoms with Gasteiger partial charge in [-0.25, -0.2) is 0 Å². The highest BCUT2D eigenvalue weighted by Crippen LogP contribution is 2.01. The van der Waals surface area contributed by atoms with Crippen molar-refractivity contribution < 1.29 is 4.74 Å². The van der Waals surface area contributed by atoms with Crippen molar-refractivity contribution in [2.45, 2.75) is 18.5 Å². The minimum absolute atomic E-state index is 0.166. The van der Waals surface area contributed by atoms with Gasteiger partial charge in [-0.2, -0.15) is 0 Å². The lowest BCUT2D eigenvalue weighted by atomic mass is 10.1. The first kappa shape index (κ1) is 6.01. The largest absolute Gasteiger partial charge is 0.378 e. The van der Waals surface area contributed by atoms with Crippen molar-refractivity contribution in [3.05, 3.63) is 0 Å². The van der Waals surface area contributed by atoms with Gasteiger partial charge in [0.05, 0.1) is 13.2 Å². The zero-order chi connectivity index (χ0) is 5.98. The molecule has 0 aliphatic carbocycles. The number of nitrogens with two attached hydrogens (primary N) is 2. The van der Waals surface area contributed by atoms with Gasteiger partial charge in [-0.15, -0.1) is 0 Å². The number of rotatable bonds is 0. The molecular formula is C5H12N2O. The van der Waals surface area contributed by atoms with Crippen LogP contribution < -0.4 is 11.5 Å². The summed E-state index contributed by atoms with van der Waals surface area (Å²) in [4.78, 5) is 0. The van der Waals surface area contributed by atoms with Crippen molar-refractivity contribution in [2.24, 2.45) is 11.5 Å². The first-order valence-corrected chi connectivity index (χ1v) is 2.88. The lowest BCUT2D eigenvalue weighted by molar-refractivity contribution is 0.0680. The lowest BCUT2D eigenvalue weighted by Gasteiger charge is -2.23. The molecule has 0 saturated carbocycles. The van der Waals surface area contributed by atoms with Gasteiger partial charge in [0.2, 0.25) is 0 Å². The number of ether oxygens (including phenoxy) is 1. The fourth-order valence-electron chi connectivity index (χ4n) is 0.896. The van der Waals surface area contributed by atoms with Crippen LogP contribution in [0.1, 0.15) is 6.42 Å². The minimum atomic E-state index is 0.166. The standard InChI is InChI=1S/C5H12N2O/c6-4-1-5(7)3-8-2-4/h4-5H,1-3,6-7H2/t4-,5-/m0/s1. The van der Waals surface area contributed by atoms with E-state index in [4.69, 9.17) is 16.2 Å². The fourth-order valence-corrected chi connectivity index (χ4v) is 0.896. The average molecular weight is 116 g/mol. The van der Waals surface area contributed by atoms with Crippen LogP contribution in [0.4, 0.5) is 0 Å². The van der Waals surface area contributed by atoms with Gasteiger partial charge in [0.15, 0.2) is 0 Å². The summed E-state index contributed by atoms with van der Waals surface area (Å²) in [6, 6.07) is 0.331. The Balaban J connectivity index is 2.23. The van der Waals surface area contributed by atoms with E-state index in [1.165, 1.54) is 0 Å². The highest BCUT2D eigenvalue weighted by Gasteiger charge is 2.14. The molecule has 0 spiro atoms. The summed E-state index contributed by atoms with van der Waals surface area (Å²) in [5.74, 6) is 0. The second-order valence-corrected chi connectivity index (χ2v) is 2.29. The topological polar surface area (TPSA) is 61.3 Å². The molecule has 3 heteroatoms. The molecule has 4 N–H and O–H groups in total. The summed E-state index contributed by atoms with van der Waals surface area (Å²) in [5.41, 5.74) is 11.0. The molecule has 1 heterocycles. The monoisotopic (exact) mass is 116 g/mol. The van der Waals surface area contributed by atoms with Crippen LogP contribution in [0, 0.1) is 0 Å². The Morgan fingerprint density at radius 1 is 1.12 bits per heavy atom. The first-order valence-electron chi connectivity index (χ1n) is 2.88. The molecule has 0 aromatic carbocycles. The van der Waals surface area contributed by atoms with E-state index in [1.807, 2.05) is 0 Å².